The molecular weight excluding hydrogens is 319 g/mol. The van der Waals surface area contributed by atoms with E-state index in [1.165, 1.54) is 0 Å². The predicted molar refractivity (Wildman–Crippen MR) is 55.2 cm³/mol. The van der Waals surface area contributed by atoms with Crippen LogP contribution < -0.4 is 28.5 Å². The number of hydrogen-bond donors (Lipinski definition) is 0. The summed E-state index contributed by atoms with van der Waals surface area (Å²) in [7, 11) is 1.90. The maximum atomic E-state index is 11.3. The Hall–Kier alpha value is -0.720. The summed E-state index contributed by atoms with van der Waals surface area (Å²) >= 11 is 0. The van der Waals surface area contributed by atoms with Gasteiger partial charge in [0.15, 0.2) is 12.1 Å². The highest BCUT2D eigenvalue weighted by molar-refractivity contribution is 5.71. The summed E-state index contributed by atoms with van der Waals surface area (Å²) in [6, 6.07) is 1.98. The second-order valence-corrected chi connectivity index (χ2v) is 3.50. The summed E-state index contributed by atoms with van der Waals surface area (Å²) in [4.78, 5) is 15.6. The number of ether oxygens (including phenoxy) is 1. The lowest BCUT2D eigenvalue weighted by Crippen LogP contribution is -3.00. The first-order chi connectivity index (χ1) is 7.04. The van der Waals surface area contributed by atoms with Crippen LogP contribution >= 0.6 is 0 Å². The Balaban J connectivity index is 0.00000225. The first-order valence-corrected chi connectivity index (χ1v) is 5.03. The van der Waals surface area contributed by atoms with Crippen LogP contribution in [0.4, 0.5) is 0 Å². The van der Waals surface area contributed by atoms with Crippen LogP contribution in [0.5, 0.6) is 0 Å². The van der Waals surface area contributed by atoms with Gasteiger partial charge in [-0.3, -0.25) is 4.79 Å². The number of aromatic nitrogens is 2. The van der Waals surface area contributed by atoms with Crippen LogP contribution in [0.2, 0.25) is 0 Å². The van der Waals surface area contributed by atoms with Crippen molar-refractivity contribution >= 4 is 5.97 Å². The highest BCUT2D eigenvalue weighted by Crippen LogP contribution is 1.98. The number of halogens is 1. The normalized spacial score (nSPS) is 9.50. The topological polar surface area (TPSA) is 43.1 Å². The minimum absolute atomic E-state index is 0. The van der Waals surface area contributed by atoms with Gasteiger partial charge in [0.05, 0.1) is 13.7 Å². The van der Waals surface area contributed by atoms with E-state index in [1.807, 2.05) is 31.5 Å². The maximum absolute atomic E-state index is 11.3. The molecule has 0 saturated carbocycles. The zero-order valence-electron chi connectivity index (χ0n) is 10.1. The standard InChI is InChI=1S/C11H17N2O2.HI/c1-5-15-11(14)7-10-12-8(2)6-9(3)13(10)4;/h6H,5,7H2,1-4H3;1H/q+1;/p-1. The second kappa shape index (κ2) is 6.78. The van der Waals surface area contributed by atoms with Crippen molar-refractivity contribution in [2.45, 2.75) is 27.2 Å². The number of esters is 1. The fourth-order valence-electron chi connectivity index (χ4n) is 1.41. The molecule has 0 saturated heterocycles. The second-order valence-electron chi connectivity index (χ2n) is 3.50. The van der Waals surface area contributed by atoms with E-state index in [9.17, 15) is 4.79 Å². The van der Waals surface area contributed by atoms with Crippen molar-refractivity contribution in [3.8, 4) is 0 Å². The summed E-state index contributed by atoms with van der Waals surface area (Å²) in [5.74, 6) is 0.511. The molecular formula is C11H17IN2O2. The molecule has 1 rings (SSSR count). The van der Waals surface area contributed by atoms with Crippen molar-refractivity contribution in [1.29, 1.82) is 0 Å². The van der Waals surface area contributed by atoms with Crippen LogP contribution in [-0.4, -0.2) is 17.6 Å². The lowest BCUT2D eigenvalue weighted by atomic mass is 10.3. The van der Waals surface area contributed by atoms with E-state index in [-0.39, 0.29) is 36.4 Å². The van der Waals surface area contributed by atoms with Gasteiger partial charge in [0.25, 0.3) is 0 Å². The van der Waals surface area contributed by atoms with Crippen LogP contribution in [0.3, 0.4) is 0 Å². The predicted octanol–water partition coefficient (Wildman–Crippen LogP) is -2.37. The molecule has 0 aliphatic rings. The zero-order valence-corrected chi connectivity index (χ0v) is 12.2. The van der Waals surface area contributed by atoms with E-state index in [4.69, 9.17) is 4.74 Å². The van der Waals surface area contributed by atoms with E-state index in [0.717, 1.165) is 17.2 Å². The molecule has 1 heterocycles. The van der Waals surface area contributed by atoms with Crippen molar-refractivity contribution in [1.82, 2.24) is 4.98 Å². The van der Waals surface area contributed by atoms with Gasteiger partial charge < -0.3 is 28.7 Å². The van der Waals surface area contributed by atoms with Crippen molar-refractivity contribution in [2.24, 2.45) is 7.05 Å². The number of hydrogen-bond acceptors (Lipinski definition) is 3. The molecule has 16 heavy (non-hydrogen) atoms. The molecule has 1 aromatic rings. The van der Waals surface area contributed by atoms with Crippen molar-refractivity contribution in [2.75, 3.05) is 6.61 Å². The summed E-state index contributed by atoms with van der Waals surface area (Å²) in [5.41, 5.74) is 2.01. The van der Waals surface area contributed by atoms with Gasteiger partial charge in [0.1, 0.15) is 5.69 Å². The van der Waals surface area contributed by atoms with E-state index in [2.05, 4.69) is 4.98 Å². The molecule has 0 atom stereocenters. The Morgan fingerprint density at radius 2 is 2.12 bits per heavy atom. The molecule has 0 unspecified atom stereocenters. The van der Waals surface area contributed by atoms with Crippen LogP contribution in [0.15, 0.2) is 6.07 Å². The van der Waals surface area contributed by atoms with Crippen LogP contribution in [0.1, 0.15) is 24.1 Å². The van der Waals surface area contributed by atoms with E-state index in [0.29, 0.717) is 6.61 Å². The average molecular weight is 336 g/mol. The fraction of sp³-hybridized carbons (Fsp3) is 0.545. The molecule has 5 heteroatoms. The van der Waals surface area contributed by atoms with E-state index >= 15 is 0 Å². The number of carbonyl (C=O) groups is 1. The molecule has 0 aliphatic carbocycles. The van der Waals surface area contributed by atoms with Crippen LogP contribution in [0.25, 0.3) is 0 Å². The van der Waals surface area contributed by atoms with Crippen molar-refractivity contribution < 1.29 is 38.1 Å². The molecule has 0 fully saturated rings. The van der Waals surface area contributed by atoms with Crippen LogP contribution in [0, 0.1) is 13.8 Å². The maximum Gasteiger partial charge on any atom is 0.318 e. The highest BCUT2D eigenvalue weighted by Gasteiger charge is 2.17. The number of nitrogens with zero attached hydrogens (tertiary/aromatic N) is 2. The molecule has 0 aliphatic heterocycles. The third-order valence-electron chi connectivity index (χ3n) is 2.25. The molecule has 4 nitrogen and oxygen atoms in total. The van der Waals surface area contributed by atoms with Gasteiger partial charge in [-0.25, -0.2) is 4.57 Å². The van der Waals surface area contributed by atoms with Crippen LogP contribution in [-0.2, 0) is 23.0 Å². The summed E-state index contributed by atoms with van der Waals surface area (Å²) < 4.78 is 6.79. The third kappa shape index (κ3) is 4.03. The molecule has 0 N–H and O–H groups in total. The summed E-state index contributed by atoms with van der Waals surface area (Å²) in [5, 5.41) is 0. The first-order valence-electron chi connectivity index (χ1n) is 5.03. The lowest BCUT2D eigenvalue weighted by Gasteiger charge is -2.03. The zero-order chi connectivity index (χ0) is 11.4. The molecule has 0 radical (unpaired) electrons. The third-order valence-corrected chi connectivity index (χ3v) is 2.25. The van der Waals surface area contributed by atoms with Gasteiger partial charge in [-0.05, 0) is 13.8 Å². The Kier molecular flexibility index (Phi) is 6.47. The minimum Gasteiger partial charge on any atom is -1.00 e. The van der Waals surface area contributed by atoms with E-state index in [1.54, 1.807) is 6.92 Å². The minimum atomic E-state index is -0.231. The first kappa shape index (κ1) is 15.3. The van der Waals surface area contributed by atoms with Gasteiger partial charge in [-0.1, -0.05) is 4.98 Å². The molecule has 0 spiro atoms. The van der Waals surface area contributed by atoms with Crippen molar-refractivity contribution in [3.63, 3.8) is 0 Å². The van der Waals surface area contributed by atoms with Gasteiger partial charge in [-0.2, -0.15) is 0 Å². The fourth-order valence-corrected chi connectivity index (χ4v) is 1.41. The Morgan fingerprint density at radius 1 is 1.50 bits per heavy atom. The van der Waals surface area contributed by atoms with Gasteiger partial charge >= 0.3 is 11.8 Å². The Morgan fingerprint density at radius 3 is 2.69 bits per heavy atom. The number of carbonyl (C=O) groups excluding carboxylic acids is 1. The smallest absolute Gasteiger partial charge is 0.318 e. The summed E-state index contributed by atoms with van der Waals surface area (Å²) in [6.07, 6.45) is 0.229. The lowest BCUT2D eigenvalue weighted by molar-refractivity contribution is -0.688. The summed E-state index contributed by atoms with van der Waals surface area (Å²) in [6.45, 7) is 6.12. The number of aryl methyl sites for hydroxylation is 2. The molecule has 1 aromatic heterocycles. The Bertz CT molecular complexity index is 380. The molecule has 0 amide bonds. The largest absolute Gasteiger partial charge is 1.00 e. The van der Waals surface area contributed by atoms with Crippen molar-refractivity contribution in [3.05, 3.63) is 23.3 Å². The SMILES string of the molecule is CCOC(=O)Cc1nc(C)cc(C)[n+]1C.[I-]. The highest BCUT2D eigenvalue weighted by atomic mass is 127. The number of rotatable bonds is 3. The molecule has 0 aromatic carbocycles. The van der Waals surface area contributed by atoms with Gasteiger partial charge in [0.2, 0.25) is 0 Å². The molecule has 90 valence electrons. The quantitative estimate of drug-likeness (QED) is 0.352. The van der Waals surface area contributed by atoms with Gasteiger partial charge in [-0.15, -0.1) is 0 Å². The molecule has 0 bridgehead atoms. The van der Waals surface area contributed by atoms with Gasteiger partial charge in [0, 0.05) is 13.0 Å². The average Bonchev–Trinajstić information content (AvgIpc) is 2.13. The monoisotopic (exact) mass is 336 g/mol. The Labute approximate surface area is 113 Å². The van der Waals surface area contributed by atoms with E-state index < -0.39 is 0 Å².